The minimum atomic E-state index is -0.360. The van der Waals surface area contributed by atoms with Gasteiger partial charge in [-0.1, -0.05) is 24.0 Å². The van der Waals surface area contributed by atoms with Gasteiger partial charge in [0.2, 0.25) is 5.96 Å². The van der Waals surface area contributed by atoms with Gasteiger partial charge in [0.1, 0.15) is 5.01 Å². The Morgan fingerprint density at radius 3 is 2.41 bits per heavy atom. The van der Waals surface area contributed by atoms with Crippen molar-refractivity contribution in [1.82, 2.24) is 4.98 Å². The summed E-state index contributed by atoms with van der Waals surface area (Å²) in [5, 5.41) is 8.62. The highest BCUT2D eigenvalue weighted by Gasteiger charge is 2.12. The van der Waals surface area contributed by atoms with Crippen LogP contribution in [0.25, 0.3) is 10.6 Å². The van der Waals surface area contributed by atoms with E-state index in [1.54, 1.807) is 12.1 Å². The number of benzene rings is 2. The molecule has 3 aromatic rings. The largest absolute Gasteiger partial charge is 0.465 e. The average molecular weight is 446 g/mol. The topological polar surface area (TPSA) is 116 Å². The lowest BCUT2D eigenvalue weighted by Gasteiger charge is -2.02. The molecule has 8 heteroatoms. The van der Waals surface area contributed by atoms with Crippen molar-refractivity contribution in [2.24, 2.45) is 21.7 Å². The maximum atomic E-state index is 11.6. The SMILES string of the molecule is COC(=O)c1ccc(C#Cc2ccc(-c3nc(C)c(/C(C)=N/N=C(N)N)s3)cc2)c(C)c1. The molecule has 0 atom stereocenters. The molecule has 0 amide bonds. The summed E-state index contributed by atoms with van der Waals surface area (Å²) in [6.45, 7) is 5.69. The summed E-state index contributed by atoms with van der Waals surface area (Å²) in [7, 11) is 1.37. The molecule has 0 bridgehead atoms. The molecule has 2 aromatic carbocycles. The summed E-state index contributed by atoms with van der Waals surface area (Å²) >= 11 is 1.53. The van der Waals surface area contributed by atoms with E-state index in [2.05, 4.69) is 27.0 Å². The number of aromatic nitrogens is 1. The molecule has 0 aliphatic rings. The number of rotatable bonds is 4. The average Bonchev–Trinajstić information content (AvgIpc) is 3.18. The first kappa shape index (κ1) is 22.7. The van der Waals surface area contributed by atoms with Crippen molar-refractivity contribution in [3.05, 3.63) is 75.3 Å². The summed E-state index contributed by atoms with van der Waals surface area (Å²) in [6.07, 6.45) is 0. The van der Waals surface area contributed by atoms with E-state index in [1.165, 1.54) is 18.4 Å². The third-order valence-corrected chi connectivity index (χ3v) is 5.88. The van der Waals surface area contributed by atoms with Gasteiger partial charge in [0.25, 0.3) is 0 Å². The normalized spacial score (nSPS) is 10.8. The lowest BCUT2D eigenvalue weighted by atomic mass is 10.0. The van der Waals surface area contributed by atoms with E-state index < -0.39 is 0 Å². The van der Waals surface area contributed by atoms with E-state index in [4.69, 9.17) is 16.2 Å². The first-order valence-corrected chi connectivity index (χ1v) is 10.5. The fourth-order valence-electron chi connectivity index (χ4n) is 2.92. The van der Waals surface area contributed by atoms with Crippen LogP contribution < -0.4 is 11.5 Å². The quantitative estimate of drug-likeness (QED) is 0.209. The molecule has 32 heavy (non-hydrogen) atoms. The van der Waals surface area contributed by atoms with E-state index >= 15 is 0 Å². The number of ether oxygens (including phenoxy) is 1. The lowest BCUT2D eigenvalue weighted by molar-refractivity contribution is 0.0600. The second-order valence-electron chi connectivity index (χ2n) is 6.99. The fourth-order valence-corrected chi connectivity index (χ4v) is 3.93. The van der Waals surface area contributed by atoms with Gasteiger partial charge in [0.15, 0.2) is 0 Å². The standard InChI is InChI=1S/C24H23N5O2S/c1-14-13-20(23(30)31-4)12-11-18(14)8-5-17-6-9-19(10-7-17)22-27-15(2)21(32-22)16(3)28-29-24(25)26/h6-7,9-13H,1-4H3,(H4,25,26,29)/b28-16+. The Hall–Kier alpha value is -3.96. The van der Waals surface area contributed by atoms with E-state index in [1.807, 2.05) is 51.1 Å². The van der Waals surface area contributed by atoms with Gasteiger partial charge in [-0.25, -0.2) is 9.78 Å². The smallest absolute Gasteiger partial charge is 0.337 e. The molecule has 7 nitrogen and oxygen atoms in total. The van der Waals surface area contributed by atoms with Gasteiger partial charge in [0, 0.05) is 16.7 Å². The number of hydrogen-bond donors (Lipinski definition) is 2. The van der Waals surface area contributed by atoms with Crippen molar-refractivity contribution < 1.29 is 9.53 Å². The summed E-state index contributed by atoms with van der Waals surface area (Å²) in [4.78, 5) is 17.2. The highest BCUT2D eigenvalue weighted by atomic mass is 32.1. The molecule has 1 aromatic heterocycles. The van der Waals surface area contributed by atoms with Crippen molar-refractivity contribution in [2.45, 2.75) is 20.8 Å². The molecule has 0 fully saturated rings. The number of thiazole rings is 1. The number of carbonyl (C=O) groups excluding carboxylic acids is 1. The molecule has 1 heterocycles. The Morgan fingerprint density at radius 2 is 1.78 bits per heavy atom. The molecule has 0 saturated carbocycles. The fraction of sp³-hybridized carbons (Fsp3) is 0.167. The van der Waals surface area contributed by atoms with Crippen molar-refractivity contribution >= 4 is 29.0 Å². The molecule has 0 aliphatic carbocycles. The Bertz CT molecular complexity index is 1270. The first-order chi connectivity index (χ1) is 15.3. The van der Waals surface area contributed by atoms with Crippen molar-refractivity contribution in [1.29, 1.82) is 0 Å². The maximum absolute atomic E-state index is 11.6. The Morgan fingerprint density at radius 1 is 1.06 bits per heavy atom. The van der Waals surface area contributed by atoms with Crippen LogP contribution in [-0.2, 0) is 4.74 Å². The Kier molecular flexibility index (Phi) is 7.03. The molecule has 3 rings (SSSR count). The summed E-state index contributed by atoms with van der Waals surface area (Å²) < 4.78 is 4.75. The number of nitrogens with two attached hydrogens (primary N) is 2. The van der Waals surface area contributed by atoms with E-state index in [-0.39, 0.29) is 11.9 Å². The predicted molar refractivity (Wildman–Crippen MR) is 129 cm³/mol. The minimum Gasteiger partial charge on any atom is -0.465 e. The van der Waals surface area contributed by atoms with Gasteiger partial charge in [-0.05, 0) is 56.7 Å². The number of esters is 1. The number of guanidine groups is 1. The molecular weight excluding hydrogens is 422 g/mol. The molecule has 0 unspecified atom stereocenters. The highest BCUT2D eigenvalue weighted by molar-refractivity contribution is 7.17. The van der Waals surface area contributed by atoms with Gasteiger partial charge in [-0.3, -0.25) is 0 Å². The molecule has 0 aliphatic heterocycles. The van der Waals surface area contributed by atoms with Crippen LogP contribution >= 0.6 is 11.3 Å². The Labute approximate surface area is 190 Å². The monoisotopic (exact) mass is 445 g/mol. The summed E-state index contributed by atoms with van der Waals surface area (Å²) in [5.74, 6) is 5.88. The van der Waals surface area contributed by atoms with Gasteiger partial charge in [-0.2, -0.15) is 5.10 Å². The van der Waals surface area contributed by atoms with Crippen LogP contribution in [0, 0.1) is 25.7 Å². The van der Waals surface area contributed by atoms with Crippen LogP contribution in [0.1, 0.15) is 44.5 Å². The summed E-state index contributed by atoms with van der Waals surface area (Å²) in [5.41, 5.74) is 16.4. The van der Waals surface area contributed by atoms with E-state index in [0.717, 1.165) is 37.8 Å². The van der Waals surface area contributed by atoms with Crippen molar-refractivity contribution in [3.8, 4) is 22.4 Å². The first-order valence-electron chi connectivity index (χ1n) is 9.71. The van der Waals surface area contributed by atoms with Gasteiger partial charge >= 0.3 is 5.97 Å². The van der Waals surface area contributed by atoms with Crippen LogP contribution in [0.3, 0.4) is 0 Å². The van der Waals surface area contributed by atoms with Crippen molar-refractivity contribution in [3.63, 3.8) is 0 Å². The zero-order chi connectivity index (χ0) is 23.3. The van der Waals surface area contributed by atoms with Crippen LogP contribution in [0.2, 0.25) is 0 Å². The second kappa shape index (κ2) is 9.90. The molecule has 0 radical (unpaired) electrons. The van der Waals surface area contributed by atoms with E-state index in [0.29, 0.717) is 11.3 Å². The minimum absolute atomic E-state index is 0.0851. The van der Waals surface area contributed by atoms with Crippen LogP contribution in [0.15, 0.2) is 52.7 Å². The van der Waals surface area contributed by atoms with Crippen LogP contribution in [-0.4, -0.2) is 29.7 Å². The lowest BCUT2D eigenvalue weighted by Crippen LogP contribution is -2.22. The Balaban J connectivity index is 1.80. The number of methoxy groups -OCH3 is 1. The molecule has 0 spiro atoms. The predicted octanol–water partition coefficient (Wildman–Crippen LogP) is 3.61. The molecular formula is C24H23N5O2S. The van der Waals surface area contributed by atoms with Gasteiger partial charge < -0.3 is 16.2 Å². The van der Waals surface area contributed by atoms with Crippen LogP contribution in [0.4, 0.5) is 0 Å². The van der Waals surface area contributed by atoms with Crippen molar-refractivity contribution in [2.75, 3.05) is 7.11 Å². The number of hydrogen-bond acceptors (Lipinski definition) is 6. The maximum Gasteiger partial charge on any atom is 0.337 e. The molecule has 4 N–H and O–H groups in total. The molecule has 0 saturated heterocycles. The third kappa shape index (κ3) is 5.39. The number of nitrogens with zero attached hydrogens (tertiary/aromatic N) is 3. The zero-order valence-corrected chi connectivity index (χ0v) is 19.1. The number of carbonyl (C=O) groups is 1. The molecule has 162 valence electrons. The second-order valence-corrected chi connectivity index (χ2v) is 7.99. The van der Waals surface area contributed by atoms with Gasteiger partial charge in [0.05, 0.1) is 29.0 Å². The zero-order valence-electron chi connectivity index (χ0n) is 18.3. The van der Waals surface area contributed by atoms with E-state index in [9.17, 15) is 4.79 Å². The highest BCUT2D eigenvalue weighted by Crippen LogP contribution is 2.28. The summed E-state index contributed by atoms with van der Waals surface area (Å²) in [6, 6.07) is 13.2. The number of aryl methyl sites for hydroxylation is 2. The van der Waals surface area contributed by atoms with Gasteiger partial charge in [-0.15, -0.1) is 16.4 Å². The van der Waals surface area contributed by atoms with Crippen LogP contribution in [0.5, 0.6) is 0 Å². The third-order valence-electron chi connectivity index (χ3n) is 4.56.